The molecule has 0 saturated carbocycles. The zero-order valence-electron chi connectivity index (χ0n) is 14.9. The molecule has 1 saturated heterocycles. The van der Waals surface area contributed by atoms with Gasteiger partial charge in [-0.15, -0.1) is 0 Å². The first kappa shape index (κ1) is 18.3. The van der Waals surface area contributed by atoms with Gasteiger partial charge in [0.25, 0.3) is 5.91 Å². The standard InChI is InChI=1S/C19H22F2N4O/c1-12-10-16(20)13(2)9-14(12)11-24-5-7-25(8-6-24)19(26)15-3-4-17(22)23-18(15)21/h3-4,9-10H,5-8,11H2,1-2H3,(H2,22,23). The summed E-state index contributed by atoms with van der Waals surface area (Å²) in [6, 6.07) is 6.22. The lowest BCUT2D eigenvalue weighted by atomic mass is 10.0. The number of amides is 1. The number of nitrogen functional groups attached to an aromatic ring is 1. The van der Waals surface area contributed by atoms with Crippen molar-refractivity contribution in [2.24, 2.45) is 0 Å². The minimum atomic E-state index is -0.838. The Kier molecular flexibility index (Phi) is 5.18. The minimum Gasteiger partial charge on any atom is -0.384 e. The lowest BCUT2D eigenvalue weighted by Gasteiger charge is -2.35. The van der Waals surface area contributed by atoms with E-state index in [1.807, 2.05) is 13.0 Å². The van der Waals surface area contributed by atoms with Crippen LogP contribution < -0.4 is 5.73 Å². The normalized spacial score (nSPS) is 15.3. The largest absolute Gasteiger partial charge is 0.384 e. The maximum Gasteiger partial charge on any atom is 0.258 e. The molecular weight excluding hydrogens is 338 g/mol. The van der Waals surface area contributed by atoms with Crippen molar-refractivity contribution in [1.82, 2.24) is 14.8 Å². The number of aryl methyl sites for hydroxylation is 2. The first-order valence-electron chi connectivity index (χ1n) is 8.54. The second kappa shape index (κ2) is 7.37. The van der Waals surface area contributed by atoms with E-state index in [9.17, 15) is 13.6 Å². The van der Waals surface area contributed by atoms with Gasteiger partial charge in [-0.25, -0.2) is 9.37 Å². The maximum absolute atomic E-state index is 13.9. The molecule has 0 aliphatic carbocycles. The van der Waals surface area contributed by atoms with Crippen LogP contribution in [0.25, 0.3) is 0 Å². The van der Waals surface area contributed by atoms with Crippen LogP contribution in [0, 0.1) is 25.6 Å². The van der Waals surface area contributed by atoms with Crippen molar-refractivity contribution in [3.63, 3.8) is 0 Å². The molecule has 1 aliphatic heterocycles. The number of aromatic nitrogens is 1. The molecule has 138 valence electrons. The molecule has 1 aliphatic rings. The number of hydrogen-bond acceptors (Lipinski definition) is 4. The van der Waals surface area contributed by atoms with Crippen molar-refractivity contribution < 1.29 is 13.6 Å². The van der Waals surface area contributed by atoms with Gasteiger partial charge in [0.15, 0.2) is 0 Å². The minimum absolute atomic E-state index is 0.0498. The molecule has 0 radical (unpaired) electrons. The Hall–Kier alpha value is -2.54. The molecule has 0 bridgehead atoms. The van der Waals surface area contributed by atoms with Crippen LogP contribution in [0.15, 0.2) is 24.3 Å². The number of rotatable bonds is 3. The predicted molar refractivity (Wildman–Crippen MR) is 95.7 cm³/mol. The van der Waals surface area contributed by atoms with E-state index in [0.29, 0.717) is 38.3 Å². The van der Waals surface area contributed by atoms with Crippen LogP contribution in [0.1, 0.15) is 27.0 Å². The molecule has 26 heavy (non-hydrogen) atoms. The van der Waals surface area contributed by atoms with Crippen LogP contribution in [0.3, 0.4) is 0 Å². The van der Waals surface area contributed by atoms with E-state index in [1.54, 1.807) is 17.9 Å². The number of benzene rings is 1. The van der Waals surface area contributed by atoms with E-state index >= 15 is 0 Å². The number of anilines is 1. The van der Waals surface area contributed by atoms with Gasteiger partial charge in [0, 0.05) is 32.7 Å². The van der Waals surface area contributed by atoms with E-state index in [2.05, 4.69) is 9.88 Å². The number of halogens is 2. The molecule has 5 nitrogen and oxygen atoms in total. The Morgan fingerprint density at radius 3 is 2.46 bits per heavy atom. The first-order valence-corrected chi connectivity index (χ1v) is 8.54. The summed E-state index contributed by atoms with van der Waals surface area (Å²) < 4.78 is 27.5. The molecule has 0 unspecified atom stereocenters. The Morgan fingerprint density at radius 1 is 1.12 bits per heavy atom. The molecule has 2 aromatic rings. The van der Waals surface area contributed by atoms with E-state index in [4.69, 9.17) is 5.73 Å². The molecule has 0 atom stereocenters. The lowest BCUT2D eigenvalue weighted by molar-refractivity contribution is 0.0622. The Labute approximate surface area is 151 Å². The molecule has 2 N–H and O–H groups in total. The number of piperazine rings is 1. The number of nitrogens with two attached hydrogens (primary N) is 1. The van der Waals surface area contributed by atoms with Gasteiger partial charge >= 0.3 is 0 Å². The molecule has 1 aromatic heterocycles. The zero-order valence-corrected chi connectivity index (χ0v) is 14.9. The quantitative estimate of drug-likeness (QED) is 0.855. The van der Waals surface area contributed by atoms with Gasteiger partial charge in [-0.2, -0.15) is 4.39 Å². The van der Waals surface area contributed by atoms with Crippen LogP contribution in [0.4, 0.5) is 14.6 Å². The highest BCUT2D eigenvalue weighted by molar-refractivity contribution is 5.94. The van der Waals surface area contributed by atoms with E-state index in [0.717, 1.165) is 11.1 Å². The van der Waals surface area contributed by atoms with Gasteiger partial charge < -0.3 is 10.6 Å². The Morgan fingerprint density at radius 2 is 1.81 bits per heavy atom. The van der Waals surface area contributed by atoms with Crippen molar-refractivity contribution in [1.29, 1.82) is 0 Å². The zero-order chi connectivity index (χ0) is 18.8. The van der Waals surface area contributed by atoms with Crippen LogP contribution in [0.5, 0.6) is 0 Å². The van der Waals surface area contributed by atoms with E-state index in [-0.39, 0.29) is 23.1 Å². The molecule has 1 amide bonds. The second-order valence-corrected chi connectivity index (χ2v) is 6.67. The molecular formula is C19H22F2N4O. The molecule has 0 spiro atoms. The third-order valence-corrected chi connectivity index (χ3v) is 4.77. The third kappa shape index (κ3) is 3.83. The summed E-state index contributed by atoms with van der Waals surface area (Å²) in [6.07, 6.45) is 0. The number of pyridine rings is 1. The van der Waals surface area contributed by atoms with Crippen molar-refractivity contribution >= 4 is 11.7 Å². The summed E-state index contributed by atoms with van der Waals surface area (Å²) in [6.45, 7) is 6.70. The first-order chi connectivity index (χ1) is 12.3. The summed E-state index contributed by atoms with van der Waals surface area (Å²) in [7, 11) is 0. The van der Waals surface area contributed by atoms with Gasteiger partial charge in [-0.1, -0.05) is 6.07 Å². The van der Waals surface area contributed by atoms with Crippen molar-refractivity contribution in [2.45, 2.75) is 20.4 Å². The summed E-state index contributed by atoms with van der Waals surface area (Å²) in [4.78, 5) is 19.8. The topological polar surface area (TPSA) is 62.5 Å². The van der Waals surface area contributed by atoms with Crippen LogP contribution in [0.2, 0.25) is 0 Å². The van der Waals surface area contributed by atoms with Gasteiger partial charge in [-0.05, 0) is 48.7 Å². The van der Waals surface area contributed by atoms with Gasteiger partial charge in [0.05, 0.1) is 5.56 Å². The molecule has 1 aromatic carbocycles. The fraction of sp³-hybridized carbons (Fsp3) is 0.368. The monoisotopic (exact) mass is 360 g/mol. The van der Waals surface area contributed by atoms with E-state index < -0.39 is 5.95 Å². The SMILES string of the molecule is Cc1cc(CN2CCN(C(=O)c3ccc(N)nc3F)CC2)c(C)cc1F. The van der Waals surface area contributed by atoms with Crippen LogP contribution in [-0.2, 0) is 6.54 Å². The third-order valence-electron chi connectivity index (χ3n) is 4.77. The number of carbonyl (C=O) groups excluding carboxylic acids is 1. The smallest absolute Gasteiger partial charge is 0.258 e. The predicted octanol–water partition coefficient (Wildman–Crippen LogP) is 2.52. The molecule has 1 fully saturated rings. The molecule has 7 heteroatoms. The Balaban J connectivity index is 1.62. The number of nitrogens with zero attached hydrogens (tertiary/aromatic N) is 3. The fourth-order valence-corrected chi connectivity index (χ4v) is 3.14. The highest BCUT2D eigenvalue weighted by Gasteiger charge is 2.25. The highest BCUT2D eigenvalue weighted by atomic mass is 19.1. The van der Waals surface area contributed by atoms with Gasteiger partial charge in [0.1, 0.15) is 11.6 Å². The maximum atomic E-state index is 13.9. The van der Waals surface area contributed by atoms with Crippen molar-refractivity contribution in [2.75, 3.05) is 31.9 Å². The van der Waals surface area contributed by atoms with Gasteiger partial charge in [0.2, 0.25) is 5.95 Å². The summed E-state index contributed by atoms with van der Waals surface area (Å²) in [5.74, 6) is -1.35. The van der Waals surface area contributed by atoms with Crippen molar-refractivity contribution in [3.8, 4) is 0 Å². The lowest BCUT2D eigenvalue weighted by Crippen LogP contribution is -2.48. The van der Waals surface area contributed by atoms with Gasteiger partial charge in [-0.3, -0.25) is 9.69 Å². The van der Waals surface area contributed by atoms with Crippen molar-refractivity contribution in [3.05, 3.63) is 58.3 Å². The highest BCUT2D eigenvalue weighted by Crippen LogP contribution is 2.18. The molecule has 2 heterocycles. The second-order valence-electron chi connectivity index (χ2n) is 6.67. The van der Waals surface area contributed by atoms with Crippen LogP contribution in [-0.4, -0.2) is 46.9 Å². The average Bonchev–Trinajstić information content (AvgIpc) is 2.60. The summed E-state index contributed by atoms with van der Waals surface area (Å²) in [5, 5.41) is 0. The Bertz CT molecular complexity index is 833. The summed E-state index contributed by atoms with van der Waals surface area (Å²) >= 11 is 0. The number of carbonyl (C=O) groups is 1. The number of hydrogen-bond donors (Lipinski definition) is 1. The van der Waals surface area contributed by atoms with E-state index in [1.165, 1.54) is 12.1 Å². The summed E-state index contributed by atoms with van der Waals surface area (Å²) in [5.41, 5.74) is 8.00. The fourth-order valence-electron chi connectivity index (χ4n) is 3.14. The molecule has 3 rings (SSSR count). The average molecular weight is 360 g/mol. The van der Waals surface area contributed by atoms with Crippen LogP contribution >= 0.6 is 0 Å².